The molecule has 2 heterocycles. The maximum atomic E-state index is 12.5. The summed E-state index contributed by atoms with van der Waals surface area (Å²) in [4.78, 5) is 17.0. The van der Waals surface area contributed by atoms with E-state index < -0.39 is 0 Å². The monoisotopic (exact) mass is 328 g/mol. The molecule has 3 rings (SSSR count). The van der Waals surface area contributed by atoms with Gasteiger partial charge in [-0.3, -0.25) is 0 Å². The van der Waals surface area contributed by atoms with E-state index in [1.54, 1.807) is 12.4 Å². The Hall–Kier alpha value is -2.14. The number of hydrogen-bond acceptors (Lipinski definition) is 4. The van der Waals surface area contributed by atoms with E-state index in [9.17, 15) is 4.79 Å². The Morgan fingerprint density at radius 1 is 1.33 bits per heavy atom. The molecule has 1 saturated heterocycles. The van der Waals surface area contributed by atoms with Gasteiger partial charge in [0.1, 0.15) is 11.9 Å². The number of carbonyl (C=O) groups excluding carboxylic acids is 1. The van der Waals surface area contributed by atoms with Crippen molar-refractivity contribution in [3.63, 3.8) is 0 Å². The van der Waals surface area contributed by atoms with Crippen molar-refractivity contribution in [1.82, 2.24) is 9.55 Å². The van der Waals surface area contributed by atoms with Crippen LogP contribution in [0.15, 0.2) is 30.6 Å². The highest BCUT2D eigenvalue weighted by atomic mass is 16.6. The predicted octanol–water partition coefficient (Wildman–Crippen LogP) is 3.82. The SMILES string of the molecule is Cc1cccc([C@H](C)c2nccn2C(=O)OC2CCOCC2)c1C. The average Bonchev–Trinajstić information content (AvgIpc) is 3.07. The van der Waals surface area contributed by atoms with Crippen LogP contribution in [0.5, 0.6) is 0 Å². The third kappa shape index (κ3) is 3.36. The summed E-state index contributed by atoms with van der Waals surface area (Å²) in [5.41, 5.74) is 3.65. The first-order chi connectivity index (χ1) is 11.6. The lowest BCUT2D eigenvalue weighted by atomic mass is 9.93. The van der Waals surface area contributed by atoms with E-state index in [0.29, 0.717) is 19.0 Å². The van der Waals surface area contributed by atoms with Gasteiger partial charge in [-0.25, -0.2) is 14.3 Å². The Morgan fingerprint density at radius 2 is 2.08 bits per heavy atom. The summed E-state index contributed by atoms with van der Waals surface area (Å²) < 4.78 is 12.5. The fourth-order valence-electron chi connectivity index (χ4n) is 3.16. The van der Waals surface area contributed by atoms with Crippen molar-refractivity contribution >= 4 is 6.09 Å². The molecule has 0 spiro atoms. The third-order valence-electron chi connectivity index (χ3n) is 4.80. The van der Waals surface area contributed by atoms with E-state index in [-0.39, 0.29) is 18.1 Å². The molecular formula is C19H24N2O3. The Morgan fingerprint density at radius 3 is 2.83 bits per heavy atom. The normalized spacial score (nSPS) is 16.8. The van der Waals surface area contributed by atoms with Gasteiger partial charge in [0.15, 0.2) is 0 Å². The number of carbonyl (C=O) groups is 1. The molecule has 5 nitrogen and oxygen atoms in total. The molecule has 1 atom stereocenters. The van der Waals surface area contributed by atoms with Crippen LogP contribution in [0, 0.1) is 13.8 Å². The first-order valence-electron chi connectivity index (χ1n) is 8.46. The van der Waals surface area contributed by atoms with E-state index >= 15 is 0 Å². The van der Waals surface area contributed by atoms with Crippen LogP contribution in [0.2, 0.25) is 0 Å². The van der Waals surface area contributed by atoms with Gasteiger partial charge in [0, 0.05) is 31.2 Å². The second-order valence-electron chi connectivity index (χ2n) is 6.36. The van der Waals surface area contributed by atoms with Crippen LogP contribution < -0.4 is 0 Å². The highest BCUT2D eigenvalue weighted by molar-refractivity contribution is 5.71. The number of ether oxygens (including phenoxy) is 2. The number of rotatable bonds is 3. The first kappa shape index (κ1) is 16.7. The number of hydrogen-bond donors (Lipinski definition) is 0. The van der Waals surface area contributed by atoms with Gasteiger partial charge >= 0.3 is 6.09 Å². The van der Waals surface area contributed by atoms with Gasteiger partial charge in [0.2, 0.25) is 0 Å². The topological polar surface area (TPSA) is 53.4 Å². The van der Waals surface area contributed by atoms with Gasteiger partial charge in [-0.2, -0.15) is 0 Å². The maximum absolute atomic E-state index is 12.5. The minimum absolute atomic E-state index is 0.0159. The molecule has 0 aliphatic carbocycles. The molecule has 0 bridgehead atoms. The van der Waals surface area contributed by atoms with Gasteiger partial charge in [-0.1, -0.05) is 25.1 Å². The lowest BCUT2D eigenvalue weighted by Gasteiger charge is -2.23. The molecule has 128 valence electrons. The molecule has 1 fully saturated rings. The van der Waals surface area contributed by atoms with Gasteiger partial charge in [-0.05, 0) is 30.5 Å². The van der Waals surface area contributed by atoms with Crippen LogP contribution >= 0.6 is 0 Å². The molecular weight excluding hydrogens is 304 g/mol. The van der Waals surface area contributed by atoms with Crippen LogP contribution in [-0.2, 0) is 9.47 Å². The average molecular weight is 328 g/mol. The fraction of sp³-hybridized carbons (Fsp3) is 0.474. The van der Waals surface area contributed by atoms with E-state index in [0.717, 1.165) is 12.8 Å². The molecule has 24 heavy (non-hydrogen) atoms. The molecule has 5 heteroatoms. The summed E-state index contributed by atoms with van der Waals surface area (Å²) in [6.07, 6.45) is 4.41. The van der Waals surface area contributed by atoms with E-state index in [1.165, 1.54) is 21.3 Å². The zero-order valence-electron chi connectivity index (χ0n) is 14.5. The van der Waals surface area contributed by atoms with Crippen LogP contribution in [0.25, 0.3) is 0 Å². The molecule has 0 unspecified atom stereocenters. The number of aryl methyl sites for hydroxylation is 1. The molecule has 0 N–H and O–H groups in total. The van der Waals surface area contributed by atoms with Gasteiger partial charge in [0.05, 0.1) is 13.2 Å². The number of nitrogens with zero attached hydrogens (tertiary/aromatic N) is 2. The molecule has 1 aromatic carbocycles. The van der Waals surface area contributed by atoms with Crippen LogP contribution in [0.1, 0.15) is 48.2 Å². The molecule has 0 amide bonds. The van der Waals surface area contributed by atoms with Crippen molar-refractivity contribution in [3.05, 3.63) is 53.1 Å². The minimum Gasteiger partial charge on any atom is -0.445 e. The summed E-state index contributed by atoms with van der Waals surface area (Å²) in [5, 5.41) is 0. The van der Waals surface area contributed by atoms with Gasteiger partial charge in [-0.15, -0.1) is 0 Å². The predicted molar refractivity (Wildman–Crippen MR) is 91.4 cm³/mol. The third-order valence-corrected chi connectivity index (χ3v) is 4.80. The lowest BCUT2D eigenvalue weighted by Crippen LogP contribution is -2.29. The fourth-order valence-corrected chi connectivity index (χ4v) is 3.16. The van der Waals surface area contributed by atoms with Crippen LogP contribution in [-0.4, -0.2) is 35.0 Å². The molecule has 1 aliphatic rings. The summed E-state index contributed by atoms with van der Waals surface area (Å²) in [6.45, 7) is 7.57. The van der Waals surface area contributed by atoms with Crippen LogP contribution in [0.3, 0.4) is 0 Å². The molecule has 1 aromatic heterocycles. The number of imidazole rings is 1. The number of benzene rings is 1. The van der Waals surface area contributed by atoms with E-state index in [1.807, 2.05) is 6.07 Å². The second-order valence-corrected chi connectivity index (χ2v) is 6.36. The van der Waals surface area contributed by atoms with Gasteiger partial charge < -0.3 is 9.47 Å². The highest BCUT2D eigenvalue weighted by Gasteiger charge is 2.24. The van der Waals surface area contributed by atoms with Gasteiger partial charge in [0.25, 0.3) is 0 Å². The van der Waals surface area contributed by atoms with Crippen molar-refractivity contribution in [2.45, 2.75) is 45.6 Å². The summed E-state index contributed by atoms with van der Waals surface area (Å²) in [7, 11) is 0. The summed E-state index contributed by atoms with van der Waals surface area (Å²) in [6, 6.07) is 6.23. The highest BCUT2D eigenvalue weighted by Crippen LogP contribution is 2.27. The second kappa shape index (κ2) is 7.18. The van der Waals surface area contributed by atoms with Crippen molar-refractivity contribution in [2.24, 2.45) is 0 Å². The van der Waals surface area contributed by atoms with Crippen molar-refractivity contribution in [3.8, 4) is 0 Å². The zero-order chi connectivity index (χ0) is 17.1. The molecule has 2 aromatic rings. The summed E-state index contributed by atoms with van der Waals surface area (Å²) in [5.74, 6) is 0.725. The van der Waals surface area contributed by atoms with E-state index in [2.05, 4.69) is 37.9 Å². The Kier molecular flexibility index (Phi) is 5.00. The largest absolute Gasteiger partial charge is 0.445 e. The Labute approximate surface area is 142 Å². The molecule has 1 aliphatic heterocycles. The standard InChI is InChI=1S/C19H24N2O3/c1-13-5-4-6-17(14(13)2)15(3)18-20-9-10-21(18)19(22)24-16-7-11-23-12-8-16/h4-6,9-10,15-16H,7-8,11-12H2,1-3H3/t15-/m0/s1. The summed E-state index contributed by atoms with van der Waals surface area (Å²) >= 11 is 0. The minimum atomic E-state index is -0.355. The maximum Gasteiger partial charge on any atom is 0.419 e. The van der Waals surface area contributed by atoms with E-state index in [4.69, 9.17) is 9.47 Å². The zero-order valence-corrected chi connectivity index (χ0v) is 14.5. The number of aromatic nitrogens is 2. The smallest absolute Gasteiger partial charge is 0.419 e. The first-order valence-corrected chi connectivity index (χ1v) is 8.46. The lowest BCUT2D eigenvalue weighted by molar-refractivity contribution is 0.00179. The van der Waals surface area contributed by atoms with Crippen molar-refractivity contribution in [1.29, 1.82) is 0 Å². The van der Waals surface area contributed by atoms with Crippen molar-refractivity contribution in [2.75, 3.05) is 13.2 Å². The van der Waals surface area contributed by atoms with Crippen molar-refractivity contribution < 1.29 is 14.3 Å². The Balaban J connectivity index is 1.81. The Bertz CT molecular complexity index is 717. The molecule has 0 radical (unpaired) electrons. The quantitative estimate of drug-likeness (QED) is 0.859. The van der Waals surface area contributed by atoms with Crippen LogP contribution in [0.4, 0.5) is 4.79 Å². The molecule has 0 saturated carbocycles.